The van der Waals surface area contributed by atoms with Crippen LogP contribution in [0.3, 0.4) is 0 Å². The summed E-state index contributed by atoms with van der Waals surface area (Å²) in [6.45, 7) is 2.56. The Morgan fingerprint density at radius 2 is 2.00 bits per heavy atom. The minimum atomic E-state index is -4.31. The molecule has 2 fully saturated rings. The van der Waals surface area contributed by atoms with Crippen molar-refractivity contribution in [1.82, 2.24) is 5.32 Å². The van der Waals surface area contributed by atoms with Gasteiger partial charge in [-0.2, -0.15) is 13.2 Å². The third kappa shape index (κ3) is 4.31. The summed E-state index contributed by atoms with van der Waals surface area (Å²) < 4.78 is 53.3. The lowest BCUT2D eigenvalue weighted by Gasteiger charge is -2.41. The first-order valence-electron chi connectivity index (χ1n) is 7.14. The van der Waals surface area contributed by atoms with Crippen molar-refractivity contribution in [3.63, 3.8) is 0 Å². The zero-order valence-electron chi connectivity index (χ0n) is 11.7. The van der Waals surface area contributed by atoms with E-state index in [4.69, 9.17) is 14.2 Å². The molecule has 1 aliphatic carbocycles. The summed E-state index contributed by atoms with van der Waals surface area (Å²) >= 11 is 0. The number of nitrogens with one attached hydrogen (secondary N) is 1. The minimum Gasteiger partial charge on any atom is -0.367 e. The molecule has 1 saturated carbocycles. The summed E-state index contributed by atoms with van der Waals surface area (Å²) in [4.78, 5) is 0. The minimum absolute atomic E-state index is 0.0734. The van der Waals surface area contributed by atoms with Crippen LogP contribution in [0.5, 0.6) is 0 Å². The number of rotatable bonds is 5. The van der Waals surface area contributed by atoms with Crippen LogP contribution in [0.15, 0.2) is 0 Å². The molecule has 1 N–H and O–H groups in total. The van der Waals surface area contributed by atoms with Crippen LogP contribution in [0, 0.1) is 0 Å². The number of hydrogen-bond donors (Lipinski definition) is 1. The van der Waals surface area contributed by atoms with E-state index in [0.717, 1.165) is 13.0 Å². The average Bonchev–Trinajstić information content (AvgIpc) is 2.83. The van der Waals surface area contributed by atoms with Gasteiger partial charge in [-0.15, -0.1) is 0 Å². The second-order valence-corrected chi connectivity index (χ2v) is 5.38. The predicted octanol–water partition coefficient (Wildman–Crippen LogP) is 2.23. The maximum Gasteiger partial charge on any atom is 0.411 e. The van der Waals surface area contributed by atoms with Gasteiger partial charge in [0, 0.05) is 18.9 Å². The van der Waals surface area contributed by atoms with Crippen molar-refractivity contribution in [2.24, 2.45) is 0 Å². The SMILES string of the molecule is CCCNC1CCC2(CC1OCC(F)(F)F)OCCO2. The Balaban J connectivity index is 1.94. The van der Waals surface area contributed by atoms with Gasteiger partial charge >= 0.3 is 6.18 Å². The molecular weight excluding hydrogens is 275 g/mol. The molecule has 0 aromatic rings. The Kier molecular flexibility index (Phi) is 5.28. The molecule has 2 atom stereocenters. The molecule has 118 valence electrons. The van der Waals surface area contributed by atoms with Gasteiger partial charge < -0.3 is 19.5 Å². The molecule has 20 heavy (non-hydrogen) atoms. The lowest BCUT2D eigenvalue weighted by atomic mass is 9.87. The highest BCUT2D eigenvalue weighted by Crippen LogP contribution is 2.37. The zero-order valence-corrected chi connectivity index (χ0v) is 11.7. The van der Waals surface area contributed by atoms with Crippen LogP contribution >= 0.6 is 0 Å². The van der Waals surface area contributed by atoms with E-state index in [0.29, 0.717) is 32.5 Å². The van der Waals surface area contributed by atoms with Gasteiger partial charge in [-0.1, -0.05) is 6.92 Å². The van der Waals surface area contributed by atoms with E-state index in [9.17, 15) is 13.2 Å². The Labute approximate surface area is 116 Å². The molecule has 2 rings (SSSR count). The van der Waals surface area contributed by atoms with E-state index in [2.05, 4.69) is 5.32 Å². The molecule has 0 amide bonds. The van der Waals surface area contributed by atoms with E-state index in [1.807, 2.05) is 6.92 Å². The highest BCUT2D eigenvalue weighted by molar-refractivity contribution is 4.92. The van der Waals surface area contributed by atoms with Gasteiger partial charge in [0.1, 0.15) is 6.61 Å². The number of alkyl halides is 3. The zero-order chi connectivity index (χ0) is 14.6. The van der Waals surface area contributed by atoms with Crippen LogP contribution in [-0.4, -0.2) is 50.5 Å². The summed E-state index contributed by atoms with van der Waals surface area (Å²) in [6, 6.07) is -0.0734. The first kappa shape index (κ1) is 16.0. The van der Waals surface area contributed by atoms with Crippen LogP contribution in [-0.2, 0) is 14.2 Å². The van der Waals surface area contributed by atoms with Crippen molar-refractivity contribution in [3.8, 4) is 0 Å². The molecule has 1 saturated heterocycles. The van der Waals surface area contributed by atoms with Crippen LogP contribution in [0.2, 0.25) is 0 Å². The standard InChI is InChI=1S/C13H22F3NO3/c1-2-5-17-10-3-4-12(19-6-7-20-12)8-11(10)18-9-13(14,15)16/h10-11,17H,2-9H2,1H3. The molecule has 0 radical (unpaired) electrons. The molecule has 1 aliphatic heterocycles. The van der Waals surface area contributed by atoms with Crippen LogP contribution < -0.4 is 5.32 Å². The van der Waals surface area contributed by atoms with Gasteiger partial charge in [0.2, 0.25) is 0 Å². The second-order valence-electron chi connectivity index (χ2n) is 5.38. The summed E-state index contributed by atoms with van der Waals surface area (Å²) in [5.41, 5.74) is 0. The topological polar surface area (TPSA) is 39.7 Å². The molecule has 2 aliphatic rings. The molecule has 1 heterocycles. The van der Waals surface area contributed by atoms with Crippen LogP contribution in [0.25, 0.3) is 0 Å². The fourth-order valence-electron chi connectivity index (χ4n) is 2.81. The molecule has 0 bridgehead atoms. The van der Waals surface area contributed by atoms with Crippen molar-refractivity contribution in [3.05, 3.63) is 0 Å². The van der Waals surface area contributed by atoms with Crippen molar-refractivity contribution >= 4 is 0 Å². The molecule has 2 unspecified atom stereocenters. The van der Waals surface area contributed by atoms with Crippen LogP contribution in [0.4, 0.5) is 13.2 Å². The number of ether oxygens (including phenoxy) is 3. The summed E-state index contributed by atoms with van der Waals surface area (Å²) in [7, 11) is 0. The molecule has 7 heteroatoms. The predicted molar refractivity (Wildman–Crippen MR) is 66.4 cm³/mol. The molecule has 0 aromatic carbocycles. The Bertz CT molecular complexity index is 306. The van der Waals surface area contributed by atoms with Crippen molar-refractivity contribution in [1.29, 1.82) is 0 Å². The normalized spacial score (nSPS) is 30.0. The number of hydrogen-bond acceptors (Lipinski definition) is 4. The first-order valence-corrected chi connectivity index (χ1v) is 7.14. The molecular formula is C13H22F3NO3. The van der Waals surface area contributed by atoms with E-state index in [-0.39, 0.29) is 6.04 Å². The number of halogens is 3. The van der Waals surface area contributed by atoms with Crippen molar-refractivity contribution in [2.45, 2.75) is 56.7 Å². The fraction of sp³-hybridized carbons (Fsp3) is 1.00. The molecule has 1 spiro atoms. The van der Waals surface area contributed by atoms with Gasteiger partial charge in [-0.05, 0) is 19.4 Å². The summed E-state index contributed by atoms with van der Waals surface area (Å²) in [5, 5.41) is 3.26. The Morgan fingerprint density at radius 1 is 1.30 bits per heavy atom. The van der Waals surface area contributed by atoms with Gasteiger partial charge in [-0.25, -0.2) is 0 Å². The van der Waals surface area contributed by atoms with Crippen molar-refractivity contribution < 1.29 is 27.4 Å². The summed E-state index contributed by atoms with van der Waals surface area (Å²) in [5.74, 6) is -0.735. The van der Waals surface area contributed by atoms with Crippen LogP contribution in [0.1, 0.15) is 32.6 Å². The van der Waals surface area contributed by atoms with E-state index in [1.54, 1.807) is 0 Å². The molecule has 0 aromatic heterocycles. The summed E-state index contributed by atoms with van der Waals surface area (Å²) in [6.07, 6.45) is -2.17. The van der Waals surface area contributed by atoms with Crippen molar-refractivity contribution in [2.75, 3.05) is 26.4 Å². The van der Waals surface area contributed by atoms with Gasteiger partial charge in [0.25, 0.3) is 0 Å². The monoisotopic (exact) mass is 297 g/mol. The van der Waals surface area contributed by atoms with Gasteiger partial charge in [0.05, 0.1) is 19.3 Å². The average molecular weight is 297 g/mol. The van der Waals surface area contributed by atoms with E-state index in [1.165, 1.54) is 0 Å². The third-order valence-corrected chi connectivity index (χ3v) is 3.73. The highest BCUT2D eigenvalue weighted by atomic mass is 19.4. The lowest BCUT2D eigenvalue weighted by molar-refractivity contribution is -0.232. The van der Waals surface area contributed by atoms with Gasteiger partial charge in [-0.3, -0.25) is 0 Å². The molecule has 4 nitrogen and oxygen atoms in total. The smallest absolute Gasteiger partial charge is 0.367 e. The second kappa shape index (κ2) is 6.60. The largest absolute Gasteiger partial charge is 0.411 e. The highest BCUT2D eigenvalue weighted by Gasteiger charge is 2.46. The lowest BCUT2D eigenvalue weighted by Crippen LogP contribution is -2.52. The maximum atomic E-state index is 12.4. The Hall–Kier alpha value is -0.370. The first-order chi connectivity index (χ1) is 9.44. The van der Waals surface area contributed by atoms with Gasteiger partial charge in [0.15, 0.2) is 5.79 Å². The maximum absolute atomic E-state index is 12.4. The third-order valence-electron chi connectivity index (χ3n) is 3.73. The van der Waals surface area contributed by atoms with E-state index >= 15 is 0 Å². The fourth-order valence-corrected chi connectivity index (χ4v) is 2.81. The van der Waals surface area contributed by atoms with E-state index < -0.39 is 24.7 Å². The quantitative estimate of drug-likeness (QED) is 0.845. The Morgan fingerprint density at radius 3 is 2.60 bits per heavy atom.